The average molecular weight is 380 g/mol. The summed E-state index contributed by atoms with van der Waals surface area (Å²) in [5.74, 6) is -0.0683. The maximum absolute atomic E-state index is 12.6. The van der Waals surface area contributed by atoms with Crippen molar-refractivity contribution >= 4 is 21.6 Å². The summed E-state index contributed by atoms with van der Waals surface area (Å²) < 4.78 is 25.5. The summed E-state index contributed by atoms with van der Waals surface area (Å²) in [5.41, 5.74) is 2.23. The lowest BCUT2D eigenvalue weighted by Crippen LogP contribution is -2.46. The second-order valence-corrected chi connectivity index (χ2v) is 9.69. The van der Waals surface area contributed by atoms with E-state index in [1.165, 1.54) is 10.6 Å². The molecule has 0 bridgehead atoms. The molecule has 144 valence electrons. The summed E-state index contributed by atoms with van der Waals surface area (Å²) in [5, 5.41) is 3.14. The van der Waals surface area contributed by atoms with Gasteiger partial charge in [0, 0.05) is 36.8 Å². The van der Waals surface area contributed by atoms with Gasteiger partial charge in [0.25, 0.3) is 5.91 Å². The van der Waals surface area contributed by atoms with Gasteiger partial charge in [-0.2, -0.15) is 0 Å². The van der Waals surface area contributed by atoms with E-state index in [0.717, 1.165) is 31.5 Å². The van der Waals surface area contributed by atoms with Crippen LogP contribution in [0.2, 0.25) is 0 Å². The Kier molecular flexibility index (Phi) is 5.30. The summed E-state index contributed by atoms with van der Waals surface area (Å²) in [6.07, 6.45) is 3.79. The Morgan fingerprint density at radius 1 is 1.23 bits per heavy atom. The molecule has 0 aromatic heterocycles. The molecule has 1 aromatic rings. The monoisotopic (exact) mass is 379 g/mol. The van der Waals surface area contributed by atoms with Crippen LogP contribution in [0.15, 0.2) is 18.2 Å². The van der Waals surface area contributed by atoms with Crippen LogP contribution in [0.1, 0.15) is 49.5 Å². The third-order valence-corrected chi connectivity index (χ3v) is 6.72. The molecule has 0 aliphatic carbocycles. The fourth-order valence-electron chi connectivity index (χ4n) is 4.08. The molecule has 1 fully saturated rings. The largest absolute Gasteiger partial charge is 0.349 e. The molecule has 0 radical (unpaired) electrons. The number of nitrogens with zero attached hydrogens (tertiary/aromatic N) is 2. The van der Waals surface area contributed by atoms with Crippen LogP contribution in [0, 0.1) is 0 Å². The molecular weight excluding hydrogens is 350 g/mol. The van der Waals surface area contributed by atoms with Crippen LogP contribution in [0.5, 0.6) is 0 Å². The minimum Gasteiger partial charge on any atom is -0.349 e. The van der Waals surface area contributed by atoms with Crippen LogP contribution in [0.3, 0.4) is 0 Å². The minimum absolute atomic E-state index is 0.0683. The van der Waals surface area contributed by atoms with E-state index in [1.807, 2.05) is 13.0 Å². The first kappa shape index (κ1) is 19.2. The van der Waals surface area contributed by atoms with Gasteiger partial charge in [-0.1, -0.05) is 0 Å². The SMILES string of the molecule is CC(C)N1CCC(NC(=O)c2ccc3c(c2)C[C@H](C)N3S(C)(=O)=O)CC1. The summed E-state index contributed by atoms with van der Waals surface area (Å²) in [6.45, 7) is 8.30. The van der Waals surface area contributed by atoms with Gasteiger partial charge in [0.1, 0.15) is 0 Å². The van der Waals surface area contributed by atoms with Gasteiger partial charge >= 0.3 is 0 Å². The molecule has 26 heavy (non-hydrogen) atoms. The van der Waals surface area contributed by atoms with E-state index in [0.29, 0.717) is 23.7 Å². The molecule has 1 saturated heterocycles. The number of anilines is 1. The van der Waals surface area contributed by atoms with Crippen molar-refractivity contribution < 1.29 is 13.2 Å². The molecule has 3 rings (SSSR count). The number of rotatable bonds is 4. The highest BCUT2D eigenvalue weighted by atomic mass is 32.2. The molecule has 2 aliphatic rings. The smallest absolute Gasteiger partial charge is 0.251 e. The predicted molar refractivity (Wildman–Crippen MR) is 104 cm³/mol. The normalized spacial score (nSPS) is 21.9. The third kappa shape index (κ3) is 3.88. The van der Waals surface area contributed by atoms with Gasteiger partial charge in [-0.3, -0.25) is 9.10 Å². The van der Waals surface area contributed by atoms with E-state index < -0.39 is 10.0 Å². The Morgan fingerprint density at radius 2 is 1.88 bits per heavy atom. The topological polar surface area (TPSA) is 69.7 Å². The number of piperidine rings is 1. The third-order valence-electron chi connectivity index (χ3n) is 5.45. The van der Waals surface area contributed by atoms with E-state index in [2.05, 4.69) is 24.1 Å². The van der Waals surface area contributed by atoms with Crippen LogP contribution in [0.25, 0.3) is 0 Å². The molecule has 1 atom stereocenters. The predicted octanol–water partition coefficient (Wildman–Crippen LogP) is 2.00. The van der Waals surface area contributed by atoms with E-state index in [-0.39, 0.29) is 18.0 Å². The second-order valence-electron chi connectivity index (χ2n) is 7.83. The first-order valence-electron chi connectivity index (χ1n) is 9.34. The number of carbonyl (C=O) groups excluding carboxylic acids is 1. The number of hydrogen-bond acceptors (Lipinski definition) is 4. The molecule has 1 N–H and O–H groups in total. The van der Waals surface area contributed by atoms with Crippen LogP contribution in [-0.4, -0.2) is 56.7 Å². The molecule has 2 aliphatic heterocycles. The van der Waals surface area contributed by atoms with E-state index >= 15 is 0 Å². The first-order chi connectivity index (χ1) is 12.2. The molecular formula is C19H29N3O3S. The molecule has 0 unspecified atom stereocenters. The molecule has 1 amide bonds. The molecule has 1 aromatic carbocycles. The van der Waals surface area contributed by atoms with Crippen molar-refractivity contribution in [3.63, 3.8) is 0 Å². The Hall–Kier alpha value is -1.60. The van der Waals surface area contributed by atoms with E-state index in [1.54, 1.807) is 12.1 Å². The van der Waals surface area contributed by atoms with Gasteiger partial charge in [0.2, 0.25) is 10.0 Å². The Balaban J connectivity index is 1.68. The molecule has 7 heteroatoms. The number of likely N-dealkylation sites (tertiary alicyclic amines) is 1. The van der Waals surface area contributed by atoms with Crippen molar-refractivity contribution in [2.75, 3.05) is 23.7 Å². The zero-order chi connectivity index (χ0) is 19.1. The van der Waals surface area contributed by atoms with Crippen molar-refractivity contribution in [2.45, 2.75) is 58.2 Å². The van der Waals surface area contributed by atoms with Crippen molar-refractivity contribution in [1.82, 2.24) is 10.2 Å². The lowest BCUT2D eigenvalue weighted by atomic mass is 10.0. The van der Waals surface area contributed by atoms with Crippen molar-refractivity contribution in [1.29, 1.82) is 0 Å². The minimum atomic E-state index is -3.31. The zero-order valence-corrected chi connectivity index (χ0v) is 16.8. The maximum Gasteiger partial charge on any atom is 0.251 e. The fourth-order valence-corrected chi connectivity index (χ4v) is 5.34. The van der Waals surface area contributed by atoms with Crippen molar-refractivity contribution in [2.24, 2.45) is 0 Å². The number of sulfonamides is 1. The Morgan fingerprint density at radius 3 is 2.46 bits per heavy atom. The first-order valence-corrected chi connectivity index (χ1v) is 11.2. The van der Waals surface area contributed by atoms with E-state index in [4.69, 9.17) is 0 Å². The summed E-state index contributed by atoms with van der Waals surface area (Å²) in [4.78, 5) is 15.1. The zero-order valence-electron chi connectivity index (χ0n) is 16.0. The van der Waals surface area contributed by atoms with E-state index in [9.17, 15) is 13.2 Å². The van der Waals surface area contributed by atoms with Crippen LogP contribution < -0.4 is 9.62 Å². The quantitative estimate of drug-likeness (QED) is 0.869. The molecule has 0 spiro atoms. The summed E-state index contributed by atoms with van der Waals surface area (Å²) in [6, 6.07) is 5.97. The van der Waals surface area contributed by atoms with Crippen LogP contribution >= 0.6 is 0 Å². The number of fused-ring (bicyclic) bond motifs is 1. The molecule has 6 nitrogen and oxygen atoms in total. The van der Waals surface area contributed by atoms with Gasteiger partial charge in [-0.25, -0.2) is 8.42 Å². The number of carbonyl (C=O) groups is 1. The number of amides is 1. The summed E-state index contributed by atoms with van der Waals surface area (Å²) in [7, 11) is -3.31. The Bertz CT molecular complexity index is 783. The molecule has 2 heterocycles. The maximum atomic E-state index is 12.6. The lowest BCUT2D eigenvalue weighted by Gasteiger charge is -2.34. The van der Waals surface area contributed by atoms with Crippen LogP contribution in [0.4, 0.5) is 5.69 Å². The average Bonchev–Trinajstić information content (AvgIpc) is 2.90. The van der Waals surface area contributed by atoms with Gasteiger partial charge in [-0.05, 0) is 63.8 Å². The van der Waals surface area contributed by atoms with Crippen molar-refractivity contribution in [3.8, 4) is 0 Å². The number of benzene rings is 1. The van der Waals surface area contributed by atoms with Crippen LogP contribution in [-0.2, 0) is 16.4 Å². The highest BCUT2D eigenvalue weighted by molar-refractivity contribution is 7.92. The van der Waals surface area contributed by atoms with Crippen molar-refractivity contribution in [3.05, 3.63) is 29.3 Å². The van der Waals surface area contributed by atoms with Gasteiger partial charge in [0.15, 0.2) is 0 Å². The fraction of sp³-hybridized carbons (Fsp3) is 0.632. The lowest BCUT2D eigenvalue weighted by molar-refractivity contribution is 0.0900. The highest BCUT2D eigenvalue weighted by Gasteiger charge is 2.33. The highest BCUT2D eigenvalue weighted by Crippen LogP contribution is 2.34. The Labute approximate surface area is 156 Å². The second kappa shape index (κ2) is 7.19. The number of nitrogens with one attached hydrogen (secondary N) is 1. The van der Waals surface area contributed by atoms with Gasteiger partial charge < -0.3 is 10.2 Å². The number of hydrogen-bond donors (Lipinski definition) is 1. The summed E-state index contributed by atoms with van der Waals surface area (Å²) >= 11 is 0. The molecule has 0 saturated carbocycles. The van der Waals surface area contributed by atoms with Gasteiger partial charge in [0.05, 0.1) is 11.9 Å². The standard InChI is InChI=1S/C19H29N3O3S/c1-13(2)21-9-7-17(8-10-21)20-19(23)15-5-6-18-16(12-15)11-14(3)22(18)26(4,24)25/h5-6,12-14,17H,7-11H2,1-4H3,(H,20,23)/t14-/m0/s1. The van der Waals surface area contributed by atoms with Gasteiger partial charge in [-0.15, -0.1) is 0 Å².